The Morgan fingerprint density at radius 2 is 1.95 bits per heavy atom. The number of rotatable bonds is 3. The van der Waals surface area contributed by atoms with Crippen LogP contribution in [-0.2, 0) is 16.1 Å². The smallest absolute Gasteiger partial charge is 0.240 e. The zero-order valence-electron chi connectivity index (χ0n) is 11.6. The molecule has 1 aliphatic heterocycles. The van der Waals surface area contributed by atoms with E-state index in [0.29, 0.717) is 32.5 Å². The van der Waals surface area contributed by atoms with E-state index in [2.05, 4.69) is 10.3 Å². The minimum absolute atomic E-state index is 0.0317. The summed E-state index contributed by atoms with van der Waals surface area (Å²) in [5.74, 6) is -0.123. The molecule has 0 unspecified atom stereocenters. The second-order valence-electron chi connectivity index (χ2n) is 5.20. The Bertz CT molecular complexity index is 481. The molecule has 3 N–H and O–H groups in total. The topological polar surface area (TPSA) is 88.3 Å². The number of hydrogen-bond donors (Lipinski definition) is 2. The molecule has 0 aliphatic carbocycles. The van der Waals surface area contributed by atoms with Gasteiger partial charge in [0.15, 0.2) is 0 Å². The summed E-state index contributed by atoms with van der Waals surface area (Å²) in [5, 5.41) is 2.86. The van der Waals surface area contributed by atoms with E-state index >= 15 is 0 Å². The molecule has 1 saturated heterocycles. The van der Waals surface area contributed by atoms with Gasteiger partial charge in [-0.2, -0.15) is 0 Å². The molecule has 2 heterocycles. The largest absolute Gasteiger partial charge is 0.350 e. The lowest BCUT2D eigenvalue weighted by Gasteiger charge is -2.37. The Morgan fingerprint density at radius 1 is 1.35 bits per heavy atom. The number of carbonyl (C=O) groups excluding carboxylic acids is 2. The fourth-order valence-electron chi connectivity index (χ4n) is 2.31. The van der Waals surface area contributed by atoms with Gasteiger partial charge in [-0.15, -0.1) is 0 Å². The van der Waals surface area contributed by atoms with Crippen molar-refractivity contribution in [2.45, 2.75) is 31.8 Å². The molecule has 0 bridgehead atoms. The van der Waals surface area contributed by atoms with Crippen molar-refractivity contribution in [3.05, 3.63) is 30.1 Å². The first-order valence-corrected chi connectivity index (χ1v) is 6.73. The maximum atomic E-state index is 12.2. The van der Waals surface area contributed by atoms with Crippen molar-refractivity contribution >= 4 is 11.8 Å². The van der Waals surface area contributed by atoms with Crippen LogP contribution in [0, 0.1) is 0 Å². The van der Waals surface area contributed by atoms with E-state index in [1.54, 1.807) is 17.3 Å². The van der Waals surface area contributed by atoms with Crippen molar-refractivity contribution in [1.82, 2.24) is 15.2 Å². The zero-order valence-corrected chi connectivity index (χ0v) is 11.6. The molecule has 2 amide bonds. The fraction of sp³-hybridized carbons (Fsp3) is 0.500. The van der Waals surface area contributed by atoms with Gasteiger partial charge in [-0.25, -0.2) is 0 Å². The van der Waals surface area contributed by atoms with E-state index < -0.39 is 5.54 Å². The second kappa shape index (κ2) is 6.00. The summed E-state index contributed by atoms with van der Waals surface area (Å²) in [6.45, 7) is 3.05. The molecule has 6 heteroatoms. The van der Waals surface area contributed by atoms with Crippen LogP contribution >= 0.6 is 0 Å². The number of nitrogens with one attached hydrogen (secondary N) is 1. The van der Waals surface area contributed by atoms with Gasteiger partial charge in [0.1, 0.15) is 0 Å². The van der Waals surface area contributed by atoms with Crippen LogP contribution in [0.25, 0.3) is 0 Å². The minimum atomic E-state index is -0.876. The third-order valence-corrected chi connectivity index (χ3v) is 3.76. The van der Waals surface area contributed by atoms with Gasteiger partial charge in [0.2, 0.25) is 11.8 Å². The molecule has 0 radical (unpaired) electrons. The molecule has 1 fully saturated rings. The third kappa shape index (κ3) is 3.33. The Balaban J connectivity index is 1.88. The first-order chi connectivity index (χ1) is 9.51. The Hall–Kier alpha value is -1.95. The quantitative estimate of drug-likeness (QED) is 0.815. The number of likely N-dealkylation sites (tertiary alicyclic amines) is 1. The van der Waals surface area contributed by atoms with Gasteiger partial charge in [0.05, 0.1) is 5.54 Å². The zero-order chi connectivity index (χ0) is 14.6. The minimum Gasteiger partial charge on any atom is -0.350 e. The van der Waals surface area contributed by atoms with E-state index in [-0.39, 0.29) is 11.8 Å². The van der Waals surface area contributed by atoms with Crippen molar-refractivity contribution in [3.8, 4) is 0 Å². The van der Waals surface area contributed by atoms with Crippen LogP contribution < -0.4 is 11.1 Å². The SMILES string of the molecule is CC(=O)N1CCC(N)(C(=O)NCc2ccncc2)CC1. The molecule has 1 aromatic rings. The average molecular weight is 276 g/mol. The maximum Gasteiger partial charge on any atom is 0.240 e. The maximum absolute atomic E-state index is 12.2. The molecule has 0 saturated carbocycles. The van der Waals surface area contributed by atoms with Gasteiger partial charge < -0.3 is 16.0 Å². The van der Waals surface area contributed by atoms with Crippen LogP contribution in [0.15, 0.2) is 24.5 Å². The highest BCUT2D eigenvalue weighted by Crippen LogP contribution is 2.20. The van der Waals surface area contributed by atoms with Crippen molar-refractivity contribution in [3.63, 3.8) is 0 Å². The first-order valence-electron chi connectivity index (χ1n) is 6.73. The normalized spacial score (nSPS) is 17.6. The lowest BCUT2D eigenvalue weighted by molar-refractivity contribution is -0.135. The summed E-state index contributed by atoms with van der Waals surface area (Å²) in [6, 6.07) is 3.70. The molecule has 6 nitrogen and oxygen atoms in total. The van der Waals surface area contributed by atoms with Crippen molar-refractivity contribution in [1.29, 1.82) is 0 Å². The Morgan fingerprint density at radius 3 is 2.50 bits per heavy atom. The molecule has 0 atom stereocenters. The van der Waals surface area contributed by atoms with Gasteiger partial charge in [-0.05, 0) is 30.5 Å². The number of aromatic nitrogens is 1. The van der Waals surface area contributed by atoms with Gasteiger partial charge in [0, 0.05) is 39.0 Å². The van der Waals surface area contributed by atoms with Gasteiger partial charge in [-0.3, -0.25) is 14.6 Å². The summed E-state index contributed by atoms with van der Waals surface area (Å²) in [7, 11) is 0. The average Bonchev–Trinajstić information content (AvgIpc) is 2.46. The van der Waals surface area contributed by atoms with Gasteiger partial charge in [0.25, 0.3) is 0 Å². The standard InChI is InChI=1S/C14H20N4O2/c1-11(19)18-8-4-14(15,5-9-18)13(20)17-10-12-2-6-16-7-3-12/h2-3,6-7H,4-5,8-10,15H2,1H3,(H,17,20). The molecule has 1 aromatic heterocycles. The number of piperidine rings is 1. The number of amides is 2. The summed E-state index contributed by atoms with van der Waals surface area (Å²) in [6.07, 6.45) is 4.36. The summed E-state index contributed by atoms with van der Waals surface area (Å²) < 4.78 is 0. The highest BCUT2D eigenvalue weighted by Gasteiger charge is 2.37. The van der Waals surface area contributed by atoms with Crippen LogP contribution in [0.4, 0.5) is 0 Å². The number of hydrogen-bond acceptors (Lipinski definition) is 4. The third-order valence-electron chi connectivity index (χ3n) is 3.76. The van der Waals surface area contributed by atoms with Crippen molar-refractivity contribution in [2.24, 2.45) is 5.73 Å². The number of nitrogens with zero attached hydrogens (tertiary/aromatic N) is 2. The van der Waals surface area contributed by atoms with E-state index in [4.69, 9.17) is 5.73 Å². The lowest BCUT2D eigenvalue weighted by atomic mass is 9.87. The molecular weight excluding hydrogens is 256 g/mol. The molecule has 108 valence electrons. The van der Waals surface area contributed by atoms with Gasteiger partial charge in [-0.1, -0.05) is 0 Å². The van der Waals surface area contributed by atoms with Crippen LogP contribution in [0.5, 0.6) is 0 Å². The number of carbonyl (C=O) groups is 2. The van der Waals surface area contributed by atoms with Crippen LogP contribution in [0.2, 0.25) is 0 Å². The van der Waals surface area contributed by atoms with Crippen molar-refractivity contribution in [2.75, 3.05) is 13.1 Å². The first kappa shape index (κ1) is 14.5. The predicted octanol–water partition coefficient (Wildman–Crippen LogP) is 0.0376. The molecule has 2 rings (SSSR count). The summed E-state index contributed by atoms with van der Waals surface area (Å²) >= 11 is 0. The fourth-order valence-corrected chi connectivity index (χ4v) is 2.31. The van der Waals surface area contributed by atoms with E-state index in [0.717, 1.165) is 5.56 Å². The number of nitrogens with two attached hydrogens (primary N) is 1. The lowest BCUT2D eigenvalue weighted by Crippen LogP contribution is -2.59. The predicted molar refractivity (Wildman–Crippen MR) is 74.5 cm³/mol. The molecule has 20 heavy (non-hydrogen) atoms. The summed E-state index contributed by atoms with van der Waals surface area (Å²) in [5.41, 5.74) is 6.28. The summed E-state index contributed by atoms with van der Waals surface area (Å²) in [4.78, 5) is 29.1. The molecule has 0 spiro atoms. The van der Waals surface area contributed by atoms with Crippen LogP contribution in [0.3, 0.4) is 0 Å². The Labute approximate surface area is 118 Å². The second-order valence-corrected chi connectivity index (χ2v) is 5.20. The van der Waals surface area contributed by atoms with E-state index in [9.17, 15) is 9.59 Å². The number of pyridine rings is 1. The molecular formula is C14H20N4O2. The van der Waals surface area contributed by atoms with Crippen molar-refractivity contribution < 1.29 is 9.59 Å². The van der Waals surface area contributed by atoms with E-state index in [1.165, 1.54) is 6.92 Å². The van der Waals surface area contributed by atoms with E-state index in [1.807, 2.05) is 12.1 Å². The van der Waals surface area contributed by atoms with Crippen LogP contribution in [0.1, 0.15) is 25.3 Å². The highest BCUT2D eigenvalue weighted by molar-refractivity contribution is 5.86. The molecule has 1 aliphatic rings. The molecule has 0 aromatic carbocycles. The highest BCUT2D eigenvalue weighted by atomic mass is 16.2. The van der Waals surface area contributed by atoms with Crippen LogP contribution in [-0.4, -0.2) is 40.3 Å². The monoisotopic (exact) mass is 276 g/mol. The Kier molecular flexibility index (Phi) is 4.34. The van der Waals surface area contributed by atoms with Gasteiger partial charge >= 0.3 is 0 Å².